The van der Waals surface area contributed by atoms with Gasteiger partial charge in [0.05, 0.1) is 17.4 Å². The molecule has 1 unspecified atom stereocenters. The number of aryl methyl sites for hydroxylation is 2. The Labute approximate surface area is 111 Å². The third-order valence-electron chi connectivity index (χ3n) is 3.03. The van der Waals surface area contributed by atoms with Crippen LogP contribution in [0.2, 0.25) is 0 Å². The van der Waals surface area contributed by atoms with Crippen molar-refractivity contribution in [2.45, 2.75) is 31.4 Å². The number of amides is 1. The second kappa shape index (κ2) is 5.24. The molecule has 0 spiro atoms. The molecular weight excluding hydrogens is 250 g/mol. The van der Waals surface area contributed by atoms with Gasteiger partial charge in [-0.25, -0.2) is 9.97 Å². The van der Waals surface area contributed by atoms with Crippen LogP contribution in [0.4, 0.5) is 0 Å². The molecule has 1 aromatic heterocycles. The molecule has 1 aliphatic heterocycles. The number of β-amino-alcohol motifs (C(OH)–C–C–N with tert-alkyl or cyclic N) is 1. The first-order chi connectivity index (χ1) is 8.52. The molecule has 6 heteroatoms. The molecule has 5 nitrogen and oxygen atoms in total. The van der Waals surface area contributed by atoms with Crippen molar-refractivity contribution < 1.29 is 9.90 Å². The maximum Gasteiger partial charge on any atom is 0.258 e. The fourth-order valence-electron chi connectivity index (χ4n) is 2.16. The first-order valence-corrected chi connectivity index (χ1v) is 7.12. The van der Waals surface area contributed by atoms with Crippen LogP contribution in [-0.4, -0.2) is 51.3 Å². The number of rotatable bonds is 2. The first kappa shape index (κ1) is 13.3. The summed E-state index contributed by atoms with van der Waals surface area (Å²) in [5, 5.41) is 10.2. The van der Waals surface area contributed by atoms with E-state index in [0.29, 0.717) is 41.6 Å². The maximum absolute atomic E-state index is 12.4. The topological polar surface area (TPSA) is 66.3 Å². The summed E-state index contributed by atoms with van der Waals surface area (Å²) >= 11 is 1.45. The van der Waals surface area contributed by atoms with Gasteiger partial charge in [-0.15, -0.1) is 11.8 Å². The molecule has 0 saturated carbocycles. The van der Waals surface area contributed by atoms with Gasteiger partial charge in [0.15, 0.2) is 0 Å². The molecule has 0 bridgehead atoms. The molecule has 1 aromatic rings. The highest BCUT2D eigenvalue weighted by atomic mass is 32.2. The summed E-state index contributed by atoms with van der Waals surface area (Å²) in [6.07, 6.45) is 2.14. The average Bonchev–Trinajstić information content (AvgIpc) is 2.74. The Bertz CT molecular complexity index is 479. The fraction of sp³-hybridized carbons (Fsp3) is 0.583. The van der Waals surface area contributed by atoms with Gasteiger partial charge in [0, 0.05) is 13.1 Å². The number of aromatic nitrogens is 2. The van der Waals surface area contributed by atoms with Gasteiger partial charge in [-0.05, 0) is 26.5 Å². The Morgan fingerprint density at radius 3 is 2.72 bits per heavy atom. The van der Waals surface area contributed by atoms with Crippen LogP contribution in [0.3, 0.4) is 0 Å². The zero-order valence-corrected chi connectivity index (χ0v) is 11.6. The van der Waals surface area contributed by atoms with Crippen LogP contribution in [0.5, 0.6) is 0 Å². The second-order valence-corrected chi connectivity index (χ2v) is 5.23. The summed E-state index contributed by atoms with van der Waals surface area (Å²) in [7, 11) is 0. The van der Waals surface area contributed by atoms with E-state index in [1.54, 1.807) is 4.90 Å². The van der Waals surface area contributed by atoms with Gasteiger partial charge in [-0.1, -0.05) is 0 Å². The van der Waals surface area contributed by atoms with Crippen molar-refractivity contribution in [3.05, 3.63) is 17.1 Å². The quantitative estimate of drug-likeness (QED) is 0.640. The summed E-state index contributed by atoms with van der Waals surface area (Å²) in [4.78, 5) is 22.7. The monoisotopic (exact) mass is 267 g/mol. The molecule has 2 rings (SSSR count). The van der Waals surface area contributed by atoms with E-state index in [9.17, 15) is 9.90 Å². The number of carbonyl (C=O) groups is 1. The predicted octanol–water partition coefficient (Wildman–Crippen LogP) is 1.02. The van der Waals surface area contributed by atoms with E-state index in [2.05, 4.69) is 9.97 Å². The van der Waals surface area contributed by atoms with Gasteiger partial charge in [-0.2, -0.15) is 0 Å². The summed E-state index contributed by atoms with van der Waals surface area (Å²) < 4.78 is 0. The predicted molar refractivity (Wildman–Crippen MR) is 69.8 cm³/mol. The van der Waals surface area contributed by atoms with Crippen molar-refractivity contribution in [3.8, 4) is 0 Å². The van der Waals surface area contributed by atoms with Crippen molar-refractivity contribution in [2.24, 2.45) is 0 Å². The Balaban J connectivity index is 2.35. The fourth-order valence-corrected chi connectivity index (χ4v) is 2.82. The molecule has 0 radical (unpaired) electrons. The number of hydrogen-bond donors (Lipinski definition) is 1. The SMILES string of the molecule is CSc1nc(C)nc(C)c1C(=O)N1CCC(O)C1. The van der Waals surface area contributed by atoms with Gasteiger partial charge in [0.2, 0.25) is 0 Å². The number of carbonyl (C=O) groups excluding carboxylic acids is 1. The lowest BCUT2D eigenvalue weighted by Gasteiger charge is -2.18. The van der Waals surface area contributed by atoms with Crippen molar-refractivity contribution >= 4 is 17.7 Å². The first-order valence-electron chi connectivity index (χ1n) is 5.89. The lowest BCUT2D eigenvalue weighted by Crippen LogP contribution is -2.31. The smallest absolute Gasteiger partial charge is 0.258 e. The van der Waals surface area contributed by atoms with Crippen molar-refractivity contribution in [2.75, 3.05) is 19.3 Å². The van der Waals surface area contributed by atoms with Crippen LogP contribution >= 0.6 is 11.8 Å². The Hall–Kier alpha value is -1.14. The van der Waals surface area contributed by atoms with Gasteiger partial charge in [0.1, 0.15) is 10.9 Å². The standard InChI is InChI=1S/C12H17N3O2S/c1-7-10(11(18-3)14-8(2)13-7)12(17)15-5-4-9(16)6-15/h9,16H,4-6H2,1-3H3. The summed E-state index contributed by atoms with van der Waals surface area (Å²) in [6, 6.07) is 0. The Morgan fingerprint density at radius 2 is 2.17 bits per heavy atom. The average molecular weight is 267 g/mol. The lowest BCUT2D eigenvalue weighted by atomic mass is 10.2. The largest absolute Gasteiger partial charge is 0.391 e. The lowest BCUT2D eigenvalue weighted by molar-refractivity contribution is 0.0759. The summed E-state index contributed by atoms with van der Waals surface area (Å²) in [6.45, 7) is 4.65. The van der Waals surface area contributed by atoms with Crippen LogP contribution in [0.1, 0.15) is 28.3 Å². The van der Waals surface area contributed by atoms with E-state index in [0.717, 1.165) is 0 Å². The molecule has 98 valence electrons. The third kappa shape index (κ3) is 2.49. The number of nitrogens with zero attached hydrogens (tertiary/aromatic N) is 3. The van der Waals surface area contributed by atoms with Gasteiger partial charge in [0.25, 0.3) is 5.91 Å². The molecule has 2 heterocycles. The van der Waals surface area contributed by atoms with E-state index in [1.165, 1.54) is 11.8 Å². The summed E-state index contributed by atoms with van der Waals surface area (Å²) in [5.74, 6) is 0.600. The van der Waals surface area contributed by atoms with Crippen LogP contribution < -0.4 is 0 Å². The number of hydrogen-bond acceptors (Lipinski definition) is 5. The highest BCUT2D eigenvalue weighted by Crippen LogP contribution is 2.23. The van der Waals surface area contributed by atoms with E-state index in [-0.39, 0.29) is 5.91 Å². The number of thioether (sulfide) groups is 1. The van der Waals surface area contributed by atoms with E-state index >= 15 is 0 Å². The minimum atomic E-state index is -0.404. The van der Waals surface area contributed by atoms with Crippen LogP contribution in [0, 0.1) is 13.8 Å². The highest BCUT2D eigenvalue weighted by Gasteiger charge is 2.28. The zero-order valence-electron chi connectivity index (χ0n) is 10.8. The minimum Gasteiger partial charge on any atom is -0.391 e. The van der Waals surface area contributed by atoms with E-state index < -0.39 is 6.10 Å². The summed E-state index contributed by atoms with van der Waals surface area (Å²) in [5.41, 5.74) is 1.28. The van der Waals surface area contributed by atoms with Gasteiger partial charge >= 0.3 is 0 Å². The normalized spacial score (nSPS) is 19.3. The molecular formula is C12H17N3O2S. The highest BCUT2D eigenvalue weighted by molar-refractivity contribution is 7.98. The van der Waals surface area contributed by atoms with Crippen molar-refractivity contribution in [3.63, 3.8) is 0 Å². The number of likely N-dealkylation sites (tertiary alicyclic amines) is 1. The van der Waals surface area contributed by atoms with Crippen molar-refractivity contribution in [1.82, 2.24) is 14.9 Å². The van der Waals surface area contributed by atoms with Gasteiger partial charge in [-0.3, -0.25) is 4.79 Å². The Kier molecular flexibility index (Phi) is 3.87. The van der Waals surface area contributed by atoms with E-state index in [1.807, 2.05) is 20.1 Å². The maximum atomic E-state index is 12.4. The molecule has 1 atom stereocenters. The third-order valence-corrected chi connectivity index (χ3v) is 3.71. The van der Waals surface area contributed by atoms with Crippen LogP contribution in [-0.2, 0) is 0 Å². The second-order valence-electron chi connectivity index (χ2n) is 4.43. The molecule has 1 saturated heterocycles. The molecule has 18 heavy (non-hydrogen) atoms. The number of aliphatic hydroxyl groups excluding tert-OH is 1. The van der Waals surface area contributed by atoms with Crippen LogP contribution in [0.15, 0.2) is 5.03 Å². The molecule has 1 fully saturated rings. The Morgan fingerprint density at radius 1 is 1.44 bits per heavy atom. The van der Waals surface area contributed by atoms with Gasteiger partial charge < -0.3 is 10.0 Å². The van der Waals surface area contributed by atoms with Crippen molar-refractivity contribution in [1.29, 1.82) is 0 Å². The number of aliphatic hydroxyl groups is 1. The van der Waals surface area contributed by atoms with E-state index in [4.69, 9.17) is 0 Å². The minimum absolute atomic E-state index is 0.0756. The molecule has 0 aliphatic carbocycles. The molecule has 1 N–H and O–H groups in total. The zero-order chi connectivity index (χ0) is 13.3. The molecule has 1 amide bonds. The molecule has 1 aliphatic rings. The van der Waals surface area contributed by atoms with Crippen LogP contribution in [0.25, 0.3) is 0 Å². The molecule has 0 aromatic carbocycles.